The molecule has 4 rings (SSSR count). The van der Waals surface area contributed by atoms with E-state index in [9.17, 15) is 4.79 Å². The molecule has 24 heavy (non-hydrogen) atoms. The van der Waals surface area contributed by atoms with Crippen LogP contribution in [0.4, 0.5) is 11.4 Å². The molecule has 1 aromatic carbocycles. The summed E-state index contributed by atoms with van der Waals surface area (Å²) in [5.74, 6) is 0.0637. The van der Waals surface area contributed by atoms with Gasteiger partial charge in [0.05, 0.1) is 22.9 Å². The molecule has 0 saturated carbocycles. The molecule has 0 unspecified atom stereocenters. The number of anilines is 2. The molecule has 1 aromatic heterocycles. The average molecular weight is 324 g/mol. The molecule has 2 saturated heterocycles. The number of pyridine rings is 1. The van der Waals surface area contributed by atoms with E-state index >= 15 is 0 Å². The van der Waals surface area contributed by atoms with Crippen LogP contribution < -0.4 is 15.5 Å². The Balaban J connectivity index is 1.64. The molecule has 2 aliphatic rings. The lowest BCUT2D eigenvalue weighted by molar-refractivity contribution is -0.118. The van der Waals surface area contributed by atoms with Crippen LogP contribution >= 0.6 is 0 Å². The summed E-state index contributed by atoms with van der Waals surface area (Å²) in [5, 5.41) is 7.44. The Hall–Kier alpha value is -2.14. The summed E-state index contributed by atoms with van der Waals surface area (Å²) < 4.78 is 0. The van der Waals surface area contributed by atoms with Gasteiger partial charge < -0.3 is 15.5 Å². The number of nitrogens with one attached hydrogen (secondary N) is 2. The van der Waals surface area contributed by atoms with Crippen LogP contribution in [0, 0.1) is 0 Å². The highest BCUT2D eigenvalue weighted by Crippen LogP contribution is 2.32. The van der Waals surface area contributed by atoms with Crippen molar-refractivity contribution >= 4 is 28.2 Å². The van der Waals surface area contributed by atoms with Crippen molar-refractivity contribution < 1.29 is 4.79 Å². The molecular formula is C19H24N4O. The Morgan fingerprint density at radius 2 is 2.04 bits per heavy atom. The van der Waals surface area contributed by atoms with Crippen molar-refractivity contribution in [3.8, 4) is 0 Å². The van der Waals surface area contributed by atoms with Crippen LogP contribution in [0.15, 0.2) is 30.5 Å². The van der Waals surface area contributed by atoms with E-state index in [4.69, 9.17) is 0 Å². The summed E-state index contributed by atoms with van der Waals surface area (Å²) in [4.78, 5) is 19.5. The van der Waals surface area contributed by atoms with Gasteiger partial charge in [0, 0.05) is 24.7 Å². The molecule has 2 fully saturated rings. The average Bonchev–Trinajstić information content (AvgIpc) is 3.17. The maximum atomic E-state index is 12.5. The minimum Gasteiger partial charge on any atom is -0.370 e. The Morgan fingerprint density at radius 3 is 2.83 bits per heavy atom. The minimum atomic E-state index is -0.0799. The number of hydrogen-bond acceptors (Lipinski definition) is 4. The van der Waals surface area contributed by atoms with Crippen LogP contribution in [0.25, 0.3) is 10.9 Å². The zero-order valence-corrected chi connectivity index (χ0v) is 13.9. The van der Waals surface area contributed by atoms with E-state index in [1.807, 2.05) is 24.4 Å². The van der Waals surface area contributed by atoms with Gasteiger partial charge in [-0.1, -0.05) is 6.42 Å². The number of carbonyl (C=O) groups is 1. The molecule has 0 aliphatic carbocycles. The Labute approximate surface area is 142 Å². The second kappa shape index (κ2) is 6.77. The van der Waals surface area contributed by atoms with E-state index < -0.39 is 0 Å². The zero-order chi connectivity index (χ0) is 16.4. The summed E-state index contributed by atoms with van der Waals surface area (Å²) in [6.45, 7) is 3.10. The molecule has 0 bridgehead atoms. The third-order valence-corrected chi connectivity index (χ3v) is 5.08. The van der Waals surface area contributed by atoms with E-state index in [0.717, 1.165) is 55.5 Å². The van der Waals surface area contributed by atoms with Gasteiger partial charge in [0.15, 0.2) is 0 Å². The molecule has 3 heterocycles. The Kier molecular flexibility index (Phi) is 4.34. The van der Waals surface area contributed by atoms with Crippen LogP contribution in [-0.4, -0.2) is 36.6 Å². The van der Waals surface area contributed by atoms with Crippen LogP contribution in [0.2, 0.25) is 0 Å². The molecule has 1 amide bonds. The number of amides is 1. The number of nitrogens with zero attached hydrogens (tertiary/aromatic N) is 2. The van der Waals surface area contributed by atoms with Gasteiger partial charge in [-0.15, -0.1) is 0 Å². The number of fused-ring (bicyclic) bond motifs is 1. The highest BCUT2D eigenvalue weighted by atomic mass is 16.2. The molecule has 1 atom stereocenters. The fraction of sp³-hybridized carbons (Fsp3) is 0.474. The molecular weight excluding hydrogens is 300 g/mol. The molecule has 2 aliphatic heterocycles. The van der Waals surface area contributed by atoms with Crippen molar-refractivity contribution in [1.82, 2.24) is 10.3 Å². The van der Waals surface area contributed by atoms with Crippen LogP contribution in [0.3, 0.4) is 0 Å². The number of aromatic nitrogens is 1. The van der Waals surface area contributed by atoms with Gasteiger partial charge in [0.25, 0.3) is 0 Å². The number of rotatable bonds is 3. The Bertz CT molecular complexity index is 733. The molecule has 0 radical (unpaired) electrons. The van der Waals surface area contributed by atoms with Crippen LogP contribution in [-0.2, 0) is 4.79 Å². The monoisotopic (exact) mass is 324 g/mol. The largest absolute Gasteiger partial charge is 0.370 e. The summed E-state index contributed by atoms with van der Waals surface area (Å²) >= 11 is 0. The van der Waals surface area contributed by atoms with Crippen molar-refractivity contribution in [3.05, 3.63) is 30.5 Å². The third-order valence-electron chi connectivity index (χ3n) is 5.08. The summed E-state index contributed by atoms with van der Waals surface area (Å²) in [6, 6.07) is 8.03. The van der Waals surface area contributed by atoms with Crippen molar-refractivity contribution in [2.24, 2.45) is 0 Å². The first kappa shape index (κ1) is 15.4. The van der Waals surface area contributed by atoms with Gasteiger partial charge in [-0.05, 0) is 56.5 Å². The predicted molar refractivity (Wildman–Crippen MR) is 97.5 cm³/mol. The maximum Gasteiger partial charge on any atom is 0.241 e. The van der Waals surface area contributed by atoms with Crippen molar-refractivity contribution in [1.29, 1.82) is 0 Å². The van der Waals surface area contributed by atoms with Crippen LogP contribution in [0.1, 0.15) is 32.1 Å². The lowest BCUT2D eigenvalue weighted by atomic mass is 10.0. The highest BCUT2D eigenvalue weighted by Gasteiger charge is 2.22. The fourth-order valence-corrected chi connectivity index (χ4v) is 3.78. The number of piperidine rings is 1. The quantitative estimate of drug-likeness (QED) is 0.911. The third kappa shape index (κ3) is 2.96. The van der Waals surface area contributed by atoms with Gasteiger partial charge in [-0.3, -0.25) is 9.78 Å². The lowest BCUT2D eigenvalue weighted by Crippen LogP contribution is -2.43. The first-order chi connectivity index (χ1) is 11.8. The van der Waals surface area contributed by atoms with Crippen molar-refractivity contribution in [3.63, 3.8) is 0 Å². The van der Waals surface area contributed by atoms with Crippen molar-refractivity contribution in [2.45, 2.75) is 38.1 Å². The number of hydrogen-bond donors (Lipinski definition) is 2. The van der Waals surface area contributed by atoms with E-state index in [0.29, 0.717) is 0 Å². The highest BCUT2D eigenvalue weighted by molar-refractivity contribution is 6.06. The molecule has 5 heteroatoms. The first-order valence-electron chi connectivity index (χ1n) is 9.00. The summed E-state index contributed by atoms with van der Waals surface area (Å²) in [6.07, 6.45) is 7.48. The first-order valence-corrected chi connectivity index (χ1v) is 9.00. The van der Waals surface area contributed by atoms with Gasteiger partial charge in [-0.2, -0.15) is 0 Å². The van der Waals surface area contributed by atoms with Gasteiger partial charge >= 0.3 is 0 Å². The summed E-state index contributed by atoms with van der Waals surface area (Å²) in [5.41, 5.74) is 3.02. The van der Waals surface area contributed by atoms with E-state index in [1.165, 1.54) is 18.5 Å². The van der Waals surface area contributed by atoms with E-state index in [1.54, 1.807) is 0 Å². The summed E-state index contributed by atoms with van der Waals surface area (Å²) in [7, 11) is 0. The zero-order valence-electron chi connectivity index (χ0n) is 13.9. The standard InChI is InChI=1S/C19H24N4O/c24-19(16-7-1-2-10-20-16)22-15-8-9-17(23-12-3-4-13-23)18-14(15)6-5-11-21-18/h5-6,8-9,11,16,20H,1-4,7,10,12-13H2,(H,22,24)/t16-/m1/s1. The molecule has 2 aromatic rings. The SMILES string of the molecule is O=C(Nc1ccc(N2CCCC2)c2ncccc12)[C@H]1CCCCN1. The normalized spacial score (nSPS) is 21.2. The molecule has 5 nitrogen and oxygen atoms in total. The second-order valence-electron chi connectivity index (χ2n) is 6.72. The number of benzene rings is 1. The van der Waals surface area contributed by atoms with Crippen LogP contribution in [0.5, 0.6) is 0 Å². The lowest BCUT2D eigenvalue weighted by Gasteiger charge is -2.24. The number of carbonyl (C=O) groups excluding carboxylic acids is 1. The minimum absolute atomic E-state index is 0.0637. The van der Waals surface area contributed by atoms with E-state index in [-0.39, 0.29) is 11.9 Å². The molecule has 126 valence electrons. The molecule has 0 spiro atoms. The predicted octanol–water partition coefficient (Wildman–Crippen LogP) is 2.92. The second-order valence-corrected chi connectivity index (χ2v) is 6.72. The van der Waals surface area contributed by atoms with Gasteiger partial charge in [-0.25, -0.2) is 0 Å². The fourth-order valence-electron chi connectivity index (χ4n) is 3.78. The Morgan fingerprint density at radius 1 is 1.17 bits per heavy atom. The maximum absolute atomic E-state index is 12.5. The van der Waals surface area contributed by atoms with Gasteiger partial charge in [0.1, 0.15) is 0 Å². The van der Waals surface area contributed by atoms with Crippen molar-refractivity contribution in [2.75, 3.05) is 29.9 Å². The topological polar surface area (TPSA) is 57.3 Å². The van der Waals surface area contributed by atoms with Gasteiger partial charge in [0.2, 0.25) is 5.91 Å². The van der Waals surface area contributed by atoms with E-state index in [2.05, 4.69) is 26.6 Å². The molecule has 2 N–H and O–H groups in total. The smallest absolute Gasteiger partial charge is 0.241 e.